The van der Waals surface area contributed by atoms with Crippen molar-refractivity contribution in [2.24, 2.45) is 5.14 Å². The Morgan fingerprint density at radius 2 is 1.83 bits per heavy atom. The molecule has 0 aliphatic heterocycles. The molecule has 0 spiro atoms. The van der Waals surface area contributed by atoms with Crippen molar-refractivity contribution in [1.29, 1.82) is 0 Å². The molecular formula is C14H12F2N2O4S. The Kier molecular flexibility index (Phi) is 4.62. The molecule has 6 nitrogen and oxygen atoms in total. The van der Waals surface area contributed by atoms with Gasteiger partial charge >= 0.3 is 0 Å². The third-order valence-corrected chi connectivity index (χ3v) is 3.83. The topological polar surface area (TPSA) is 98.5 Å². The molecule has 0 fully saturated rings. The monoisotopic (exact) mass is 342 g/mol. The fourth-order valence-corrected chi connectivity index (χ4v) is 2.35. The van der Waals surface area contributed by atoms with Crippen molar-refractivity contribution in [2.45, 2.75) is 4.90 Å². The third-order valence-electron chi connectivity index (χ3n) is 2.92. The average molecular weight is 342 g/mol. The lowest BCUT2D eigenvalue weighted by atomic mass is 10.2. The molecule has 0 aliphatic carbocycles. The highest BCUT2D eigenvalue weighted by molar-refractivity contribution is 7.89. The van der Waals surface area contributed by atoms with Gasteiger partial charge in [-0.05, 0) is 30.3 Å². The van der Waals surface area contributed by atoms with Crippen LogP contribution in [0.1, 0.15) is 10.4 Å². The second-order valence-corrected chi connectivity index (χ2v) is 6.05. The van der Waals surface area contributed by atoms with Crippen molar-refractivity contribution >= 4 is 21.6 Å². The third kappa shape index (κ3) is 3.82. The molecule has 2 aromatic rings. The highest BCUT2D eigenvalue weighted by Crippen LogP contribution is 2.23. The zero-order valence-corrected chi connectivity index (χ0v) is 12.7. The Hall–Kier alpha value is -2.52. The number of ether oxygens (including phenoxy) is 1. The minimum Gasteiger partial charge on any atom is -0.496 e. The van der Waals surface area contributed by atoms with Crippen LogP contribution >= 0.6 is 0 Å². The van der Waals surface area contributed by atoms with Crippen molar-refractivity contribution in [3.63, 3.8) is 0 Å². The summed E-state index contributed by atoms with van der Waals surface area (Å²) in [5.74, 6) is -2.86. The van der Waals surface area contributed by atoms with Gasteiger partial charge in [-0.15, -0.1) is 0 Å². The quantitative estimate of drug-likeness (QED) is 0.886. The zero-order valence-electron chi connectivity index (χ0n) is 11.8. The molecule has 0 aromatic heterocycles. The van der Waals surface area contributed by atoms with Gasteiger partial charge in [0, 0.05) is 11.8 Å². The molecule has 9 heteroatoms. The molecule has 0 saturated carbocycles. The normalized spacial score (nSPS) is 11.1. The molecule has 3 N–H and O–H groups in total. The summed E-state index contributed by atoms with van der Waals surface area (Å²) in [5.41, 5.74) is -0.124. The fourth-order valence-electron chi connectivity index (χ4n) is 1.81. The van der Waals surface area contributed by atoms with E-state index in [9.17, 15) is 22.0 Å². The van der Waals surface area contributed by atoms with E-state index in [-0.39, 0.29) is 21.9 Å². The van der Waals surface area contributed by atoms with E-state index in [2.05, 4.69) is 5.32 Å². The Labute approximate surface area is 130 Å². The summed E-state index contributed by atoms with van der Waals surface area (Å²) in [6, 6.07) is 6.28. The lowest BCUT2D eigenvalue weighted by Gasteiger charge is -2.11. The van der Waals surface area contributed by atoms with Gasteiger partial charge in [0.2, 0.25) is 10.0 Å². The number of nitrogens with two attached hydrogens (primary N) is 1. The number of anilines is 1. The van der Waals surface area contributed by atoms with E-state index in [4.69, 9.17) is 9.88 Å². The highest BCUT2D eigenvalue weighted by atomic mass is 32.2. The lowest BCUT2D eigenvalue weighted by molar-refractivity contribution is 0.102. The number of nitrogens with one attached hydrogen (secondary N) is 1. The molecule has 0 unspecified atom stereocenters. The van der Waals surface area contributed by atoms with Crippen molar-refractivity contribution in [3.8, 4) is 5.75 Å². The van der Waals surface area contributed by atoms with Crippen molar-refractivity contribution < 1.29 is 26.7 Å². The van der Waals surface area contributed by atoms with E-state index in [1.807, 2.05) is 0 Å². The SMILES string of the molecule is COc1ccc(S(N)(=O)=O)cc1C(=O)Nc1ccc(F)c(F)c1. The number of benzene rings is 2. The van der Waals surface area contributed by atoms with E-state index >= 15 is 0 Å². The van der Waals surface area contributed by atoms with Gasteiger partial charge in [-0.1, -0.05) is 0 Å². The molecule has 0 heterocycles. The second kappa shape index (κ2) is 6.31. The summed E-state index contributed by atoms with van der Waals surface area (Å²) in [4.78, 5) is 11.9. The van der Waals surface area contributed by atoms with Crippen LogP contribution in [0.15, 0.2) is 41.3 Å². The number of sulfonamides is 1. The van der Waals surface area contributed by atoms with E-state index in [1.165, 1.54) is 19.2 Å². The van der Waals surface area contributed by atoms with Gasteiger partial charge in [0.05, 0.1) is 17.6 Å². The zero-order chi connectivity index (χ0) is 17.2. The molecule has 1 amide bonds. The van der Waals surface area contributed by atoms with Gasteiger partial charge in [-0.3, -0.25) is 4.79 Å². The molecule has 0 atom stereocenters. The first kappa shape index (κ1) is 16.8. The van der Waals surface area contributed by atoms with Gasteiger partial charge in [0.25, 0.3) is 5.91 Å². The van der Waals surface area contributed by atoms with Crippen LogP contribution in [0.2, 0.25) is 0 Å². The predicted octanol–water partition coefficient (Wildman–Crippen LogP) is 1.87. The molecule has 0 aliphatic rings. The van der Waals surface area contributed by atoms with Crippen LogP contribution in [0, 0.1) is 11.6 Å². The Morgan fingerprint density at radius 3 is 2.39 bits per heavy atom. The van der Waals surface area contributed by atoms with E-state index in [1.54, 1.807) is 0 Å². The largest absolute Gasteiger partial charge is 0.496 e. The van der Waals surface area contributed by atoms with Gasteiger partial charge in [-0.2, -0.15) is 0 Å². The maximum atomic E-state index is 13.2. The van der Waals surface area contributed by atoms with Crippen LogP contribution in [-0.2, 0) is 10.0 Å². The first-order chi connectivity index (χ1) is 10.7. The summed E-state index contributed by atoms with van der Waals surface area (Å²) in [5, 5.41) is 7.33. The van der Waals surface area contributed by atoms with E-state index in [0.717, 1.165) is 24.3 Å². The first-order valence-corrected chi connectivity index (χ1v) is 7.74. The van der Waals surface area contributed by atoms with Gasteiger partial charge in [0.1, 0.15) is 5.75 Å². The van der Waals surface area contributed by atoms with Gasteiger partial charge in [0.15, 0.2) is 11.6 Å². The number of methoxy groups -OCH3 is 1. The van der Waals surface area contributed by atoms with Crippen molar-refractivity contribution in [3.05, 3.63) is 53.6 Å². The smallest absolute Gasteiger partial charge is 0.259 e. The summed E-state index contributed by atoms with van der Waals surface area (Å²) in [6.07, 6.45) is 0. The second-order valence-electron chi connectivity index (χ2n) is 4.49. The molecule has 2 rings (SSSR count). The highest BCUT2D eigenvalue weighted by Gasteiger charge is 2.18. The fraction of sp³-hybridized carbons (Fsp3) is 0.0714. The average Bonchev–Trinajstić information content (AvgIpc) is 2.49. The van der Waals surface area contributed by atoms with Crippen molar-refractivity contribution in [1.82, 2.24) is 0 Å². The number of rotatable bonds is 4. The van der Waals surface area contributed by atoms with Crippen LogP contribution in [0.25, 0.3) is 0 Å². The standard InChI is InChI=1S/C14H12F2N2O4S/c1-22-13-5-3-9(23(17,20)21)7-10(13)14(19)18-8-2-4-11(15)12(16)6-8/h2-7H,1H3,(H,18,19)(H2,17,20,21). The minimum atomic E-state index is -4.01. The minimum absolute atomic E-state index is 0.00281. The summed E-state index contributed by atoms with van der Waals surface area (Å²) < 4.78 is 53.7. The maximum Gasteiger partial charge on any atom is 0.259 e. The summed E-state index contributed by atoms with van der Waals surface area (Å²) >= 11 is 0. The summed E-state index contributed by atoms with van der Waals surface area (Å²) in [7, 11) is -2.72. The molecule has 0 radical (unpaired) electrons. The molecule has 0 bridgehead atoms. The Morgan fingerprint density at radius 1 is 1.13 bits per heavy atom. The molecule has 2 aromatic carbocycles. The van der Waals surface area contributed by atoms with Gasteiger partial charge < -0.3 is 10.1 Å². The van der Waals surface area contributed by atoms with Crippen LogP contribution in [0.5, 0.6) is 5.75 Å². The first-order valence-electron chi connectivity index (χ1n) is 6.19. The predicted molar refractivity (Wildman–Crippen MR) is 78.7 cm³/mol. The summed E-state index contributed by atoms with van der Waals surface area (Å²) in [6.45, 7) is 0. The molecular weight excluding hydrogens is 330 g/mol. The van der Waals surface area contributed by atoms with Crippen LogP contribution in [-0.4, -0.2) is 21.4 Å². The number of carbonyl (C=O) groups excluding carboxylic acids is 1. The number of carbonyl (C=O) groups is 1. The number of hydrogen-bond donors (Lipinski definition) is 2. The van der Waals surface area contributed by atoms with Crippen LogP contribution < -0.4 is 15.2 Å². The number of halogens is 2. The van der Waals surface area contributed by atoms with Crippen molar-refractivity contribution in [2.75, 3.05) is 12.4 Å². The number of amides is 1. The number of primary sulfonamides is 1. The molecule has 122 valence electrons. The van der Waals surface area contributed by atoms with Crippen LogP contribution in [0.3, 0.4) is 0 Å². The van der Waals surface area contributed by atoms with Crippen LogP contribution in [0.4, 0.5) is 14.5 Å². The molecule has 0 saturated heterocycles. The lowest BCUT2D eigenvalue weighted by Crippen LogP contribution is -2.17. The number of hydrogen-bond acceptors (Lipinski definition) is 4. The Bertz CT molecular complexity index is 869. The van der Waals surface area contributed by atoms with E-state index in [0.29, 0.717) is 0 Å². The maximum absolute atomic E-state index is 13.2. The van der Waals surface area contributed by atoms with Gasteiger partial charge in [-0.25, -0.2) is 22.3 Å². The molecule has 23 heavy (non-hydrogen) atoms. The van der Waals surface area contributed by atoms with E-state index < -0.39 is 27.6 Å². The Balaban J connectivity index is 2.39.